The summed E-state index contributed by atoms with van der Waals surface area (Å²) in [7, 11) is 0. The van der Waals surface area contributed by atoms with Crippen LogP contribution < -0.4 is 11.1 Å². The molecule has 0 aliphatic carbocycles. The average molecular weight is 289 g/mol. The van der Waals surface area contributed by atoms with Crippen LogP contribution in [-0.4, -0.2) is 10.8 Å². The second-order valence-corrected chi connectivity index (χ2v) is 4.40. The number of carbonyl (C=O) groups excluding carboxylic acids is 1. The molecule has 3 N–H and O–H groups in total. The van der Waals surface area contributed by atoms with Crippen molar-refractivity contribution in [1.29, 1.82) is 0 Å². The number of hydrogen-bond acceptors (Lipinski definition) is 4. The van der Waals surface area contributed by atoms with Crippen molar-refractivity contribution in [3.8, 4) is 0 Å². The molecule has 0 spiro atoms. The Morgan fingerprint density at radius 2 is 2.05 bits per heavy atom. The highest BCUT2D eigenvalue weighted by atomic mass is 19.1. The first-order valence-corrected chi connectivity index (χ1v) is 6.00. The highest BCUT2D eigenvalue weighted by Gasteiger charge is 2.16. The quantitative estimate of drug-likeness (QED) is 0.515. The van der Waals surface area contributed by atoms with Crippen LogP contribution in [0.15, 0.2) is 36.4 Å². The molecular formula is C14H12FN3O3. The molecule has 0 heterocycles. The van der Waals surface area contributed by atoms with Crippen LogP contribution in [0.5, 0.6) is 0 Å². The Morgan fingerprint density at radius 3 is 2.71 bits per heavy atom. The predicted octanol–water partition coefficient (Wildman–Crippen LogP) is 2.88. The van der Waals surface area contributed by atoms with Crippen LogP contribution >= 0.6 is 0 Å². The van der Waals surface area contributed by atoms with E-state index in [1.54, 1.807) is 0 Å². The monoisotopic (exact) mass is 289 g/mol. The fraction of sp³-hybridized carbons (Fsp3) is 0.0714. The topological polar surface area (TPSA) is 98.3 Å². The van der Waals surface area contributed by atoms with Crippen molar-refractivity contribution >= 4 is 23.0 Å². The molecular weight excluding hydrogens is 277 g/mol. The zero-order chi connectivity index (χ0) is 15.6. The summed E-state index contributed by atoms with van der Waals surface area (Å²) in [6.45, 7) is 1.52. The number of nitrogens with one attached hydrogen (secondary N) is 1. The second kappa shape index (κ2) is 5.58. The Bertz CT molecular complexity index is 731. The van der Waals surface area contributed by atoms with Crippen LogP contribution in [0.25, 0.3) is 0 Å². The minimum atomic E-state index is -0.634. The van der Waals surface area contributed by atoms with Gasteiger partial charge in [-0.25, -0.2) is 4.39 Å². The predicted molar refractivity (Wildman–Crippen MR) is 76.6 cm³/mol. The fourth-order valence-corrected chi connectivity index (χ4v) is 1.79. The first-order valence-electron chi connectivity index (χ1n) is 6.00. The Labute approximate surface area is 119 Å². The molecule has 0 aromatic heterocycles. The Kier molecular flexibility index (Phi) is 3.84. The van der Waals surface area contributed by atoms with Crippen LogP contribution in [0.1, 0.15) is 15.9 Å². The maximum atomic E-state index is 13.4. The van der Waals surface area contributed by atoms with Crippen LogP contribution in [0.4, 0.5) is 21.5 Å². The molecule has 1 amide bonds. The fourth-order valence-electron chi connectivity index (χ4n) is 1.79. The first-order chi connectivity index (χ1) is 9.90. The van der Waals surface area contributed by atoms with Gasteiger partial charge in [-0.1, -0.05) is 6.07 Å². The molecule has 0 saturated heterocycles. The van der Waals surface area contributed by atoms with E-state index in [9.17, 15) is 19.3 Å². The number of carbonyl (C=O) groups is 1. The minimum Gasteiger partial charge on any atom is -0.398 e. The van der Waals surface area contributed by atoms with Crippen LogP contribution in [-0.2, 0) is 0 Å². The second-order valence-electron chi connectivity index (χ2n) is 4.40. The molecule has 0 bridgehead atoms. The molecule has 0 fully saturated rings. The molecule has 0 aliphatic rings. The van der Waals surface area contributed by atoms with Crippen molar-refractivity contribution in [2.75, 3.05) is 11.1 Å². The number of nitro benzene ring substituents is 1. The van der Waals surface area contributed by atoms with E-state index in [2.05, 4.69) is 5.32 Å². The lowest BCUT2D eigenvalue weighted by molar-refractivity contribution is -0.384. The van der Waals surface area contributed by atoms with Gasteiger partial charge in [0.05, 0.1) is 10.5 Å². The molecule has 2 aromatic carbocycles. The number of nitrogen functional groups attached to an aromatic ring is 1. The van der Waals surface area contributed by atoms with Gasteiger partial charge in [-0.3, -0.25) is 14.9 Å². The van der Waals surface area contributed by atoms with E-state index in [4.69, 9.17) is 5.73 Å². The van der Waals surface area contributed by atoms with Crippen molar-refractivity contribution in [3.63, 3.8) is 0 Å². The maximum absolute atomic E-state index is 13.4. The first kappa shape index (κ1) is 14.4. The number of non-ortho nitro benzene ring substituents is 1. The SMILES string of the molecule is Cc1c(F)cccc1NC(=O)c1cc([N+](=O)[O-])ccc1N. The Hall–Kier alpha value is -2.96. The number of nitrogens with zero attached hydrogens (tertiary/aromatic N) is 1. The number of amides is 1. The number of benzene rings is 2. The van der Waals surface area contributed by atoms with Gasteiger partial charge in [0.25, 0.3) is 11.6 Å². The molecule has 7 heteroatoms. The maximum Gasteiger partial charge on any atom is 0.270 e. The molecule has 0 atom stereocenters. The summed E-state index contributed by atoms with van der Waals surface area (Å²) in [6.07, 6.45) is 0. The van der Waals surface area contributed by atoms with Crippen molar-refractivity contribution in [2.45, 2.75) is 6.92 Å². The van der Waals surface area contributed by atoms with Crippen molar-refractivity contribution in [2.24, 2.45) is 0 Å². The van der Waals surface area contributed by atoms with Crippen LogP contribution in [0, 0.1) is 22.9 Å². The standard InChI is InChI=1S/C14H12FN3O3/c1-8-11(15)3-2-4-13(8)17-14(19)10-7-9(18(20)21)5-6-12(10)16/h2-7H,16H2,1H3,(H,17,19). The third-order valence-electron chi connectivity index (χ3n) is 3.01. The molecule has 0 saturated carbocycles. The third kappa shape index (κ3) is 2.97. The van der Waals surface area contributed by atoms with E-state index in [0.29, 0.717) is 0 Å². The van der Waals surface area contributed by atoms with Crippen molar-refractivity contribution in [1.82, 2.24) is 0 Å². The summed E-state index contributed by atoms with van der Waals surface area (Å²) in [4.78, 5) is 22.2. The summed E-state index contributed by atoms with van der Waals surface area (Å²) in [5, 5.41) is 13.2. The van der Waals surface area contributed by atoms with Gasteiger partial charge >= 0.3 is 0 Å². The average Bonchev–Trinajstić information content (AvgIpc) is 2.44. The van der Waals surface area contributed by atoms with Gasteiger partial charge in [0.1, 0.15) is 5.82 Å². The molecule has 2 aromatic rings. The van der Waals surface area contributed by atoms with Crippen LogP contribution in [0.2, 0.25) is 0 Å². The highest BCUT2D eigenvalue weighted by molar-refractivity contribution is 6.08. The molecule has 0 radical (unpaired) electrons. The number of nitro groups is 1. The van der Waals surface area contributed by atoms with Gasteiger partial charge in [-0.15, -0.1) is 0 Å². The van der Waals surface area contributed by atoms with E-state index in [1.807, 2.05) is 0 Å². The Morgan fingerprint density at radius 1 is 1.33 bits per heavy atom. The van der Waals surface area contributed by atoms with Gasteiger partial charge in [0, 0.05) is 29.1 Å². The van der Waals surface area contributed by atoms with E-state index in [1.165, 1.54) is 37.3 Å². The molecule has 0 unspecified atom stereocenters. The van der Waals surface area contributed by atoms with Gasteiger partial charge in [0.15, 0.2) is 0 Å². The zero-order valence-electron chi connectivity index (χ0n) is 11.1. The third-order valence-corrected chi connectivity index (χ3v) is 3.01. The van der Waals surface area contributed by atoms with E-state index in [-0.39, 0.29) is 28.2 Å². The lowest BCUT2D eigenvalue weighted by atomic mass is 10.1. The van der Waals surface area contributed by atoms with E-state index < -0.39 is 16.6 Å². The number of hydrogen-bond donors (Lipinski definition) is 2. The smallest absolute Gasteiger partial charge is 0.270 e. The lowest BCUT2D eigenvalue weighted by Crippen LogP contribution is -2.15. The summed E-state index contributed by atoms with van der Waals surface area (Å²) in [5.74, 6) is -1.09. The zero-order valence-corrected chi connectivity index (χ0v) is 11.1. The van der Waals surface area contributed by atoms with Crippen molar-refractivity contribution < 1.29 is 14.1 Å². The minimum absolute atomic E-state index is 0.0344. The number of rotatable bonds is 3. The molecule has 108 valence electrons. The molecule has 21 heavy (non-hydrogen) atoms. The van der Waals surface area contributed by atoms with E-state index in [0.717, 1.165) is 6.07 Å². The van der Waals surface area contributed by atoms with E-state index >= 15 is 0 Å². The van der Waals surface area contributed by atoms with Gasteiger partial charge < -0.3 is 11.1 Å². The highest BCUT2D eigenvalue weighted by Crippen LogP contribution is 2.23. The van der Waals surface area contributed by atoms with Crippen LogP contribution in [0.3, 0.4) is 0 Å². The van der Waals surface area contributed by atoms with Gasteiger partial charge in [-0.05, 0) is 25.1 Å². The number of anilines is 2. The largest absolute Gasteiger partial charge is 0.398 e. The summed E-state index contributed by atoms with van der Waals surface area (Å²) < 4.78 is 13.4. The summed E-state index contributed by atoms with van der Waals surface area (Å²) in [5.41, 5.74) is 6.04. The summed E-state index contributed by atoms with van der Waals surface area (Å²) >= 11 is 0. The molecule has 6 nitrogen and oxygen atoms in total. The van der Waals surface area contributed by atoms with Gasteiger partial charge in [0.2, 0.25) is 0 Å². The number of halogens is 1. The summed E-state index contributed by atoms with van der Waals surface area (Å²) in [6, 6.07) is 7.83. The Balaban J connectivity index is 2.34. The van der Waals surface area contributed by atoms with Gasteiger partial charge in [-0.2, -0.15) is 0 Å². The van der Waals surface area contributed by atoms with Crippen molar-refractivity contribution in [3.05, 3.63) is 63.5 Å². The molecule has 0 aliphatic heterocycles. The lowest BCUT2D eigenvalue weighted by Gasteiger charge is -2.10. The molecule has 2 rings (SSSR count). The number of nitrogens with two attached hydrogens (primary N) is 1. The normalized spacial score (nSPS) is 10.2.